The highest BCUT2D eigenvalue weighted by Crippen LogP contribution is 2.33. The van der Waals surface area contributed by atoms with E-state index >= 15 is 0 Å². The molecule has 0 radical (unpaired) electrons. The zero-order chi connectivity index (χ0) is 21.8. The van der Waals surface area contributed by atoms with Crippen molar-refractivity contribution in [2.75, 3.05) is 5.32 Å². The molecule has 1 heterocycles. The van der Waals surface area contributed by atoms with E-state index in [9.17, 15) is 18.0 Å². The van der Waals surface area contributed by atoms with Crippen LogP contribution in [0.2, 0.25) is 0 Å². The van der Waals surface area contributed by atoms with Crippen LogP contribution in [0.4, 0.5) is 18.9 Å². The number of nitrogens with one attached hydrogen (secondary N) is 1. The minimum Gasteiger partial charge on any atom is -0.488 e. The van der Waals surface area contributed by atoms with Crippen LogP contribution in [0.15, 0.2) is 72.1 Å². The Morgan fingerprint density at radius 1 is 0.968 bits per heavy atom. The third-order valence-corrected chi connectivity index (χ3v) is 5.21. The first-order valence-corrected chi connectivity index (χ1v) is 10.1. The van der Waals surface area contributed by atoms with Gasteiger partial charge in [-0.05, 0) is 54.1 Å². The van der Waals surface area contributed by atoms with Gasteiger partial charge in [-0.15, -0.1) is 11.3 Å². The Hall–Kier alpha value is -3.65. The molecule has 0 unspecified atom stereocenters. The van der Waals surface area contributed by atoms with Crippen LogP contribution >= 0.6 is 11.3 Å². The molecule has 0 atom stereocenters. The van der Waals surface area contributed by atoms with Crippen LogP contribution in [0.1, 0.15) is 16.1 Å². The SMILES string of the molecule is O=C(Nc1ccc(F)cc1)c1csc(-c2ccccc2OCc2ccc(F)c(F)c2)n1. The number of thiazole rings is 1. The van der Waals surface area contributed by atoms with E-state index in [0.717, 1.165) is 12.1 Å². The number of rotatable bonds is 6. The monoisotopic (exact) mass is 440 g/mol. The maximum atomic E-state index is 13.4. The smallest absolute Gasteiger partial charge is 0.275 e. The van der Waals surface area contributed by atoms with Crippen LogP contribution in [0.25, 0.3) is 10.6 Å². The molecule has 156 valence electrons. The third-order valence-electron chi connectivity index (χ3n) is 4.33. The molecule has 0 bridgehead atoms. The molecule has 31 heavy (non-hydrogen) atoms. The number of ether oxygens (including phenoxy) is 1. The van der Waals surface area contributed by atoms with Crippen molar-refractivity contribution in [2.24, 2.45) is 0 Å². The van der Waals surface area contributed by atoms with Gasteiger partial charge in [0.05, 0.1) is 5.56 Å². The fourth-order valence-corrected chi connectivity index (χ4v) is 3.62. The number of hydrogen-bond acceptors (Lipinski definition) is 4. The van der Waals surface area contributed by atoms with Crippen molar-refractivity contribution in [3.63, 3.8) is 0 Å². The number of para-hydroxylation sites is 1. The second kappa shape index (κ2) is 9.01. The molecule has 1 amide bonds. The van der Waals surface area contributed by atoms with Gasteiger partial charge in [0.15, 0.2) is 11.6 Å². The fourth-order valence-electron chi connectivity index (χ4n) is 2.79. The van der Waals surface area contributed by atoms with Crippen LogP contribution < -0.4 is 10.1 Å². The maximum absolute atomic E-state index is 13.4. The number of carbonyl (C=O) groups is 1. The van der Waals surface area contributed by atoms with Gasteiger partial charge in [0, 0.05) is 11.1 Å². The number of halogens is 3. The minimum atomic E-state index is -0.939. The summed E-state index contributed by atoms with van der Waals surface area (Å²) >= 11 is 1.26. The normalized spacial score (nSPS) is 10.7. The highest BCUT2D eigenvalue weighted by Gasteiger charge is 2.15. The molecule has 0 aliphatic heterocycles. The minimum absolute atomic E-state index is 0.0392. The van der Waals surface area contributed by atoms with E-state index < -0.39 is 23.4 Å². The predicted octanol–water partition coefficient (Wildman–Crippen LogP) is 6.06. The average Bonchev–Trinajstić information content (AvgIpc) is 3.27. The molecule has 8 heteroatoms. The van der Waals surface area contributed by atoms with Gasteiger partial charge in [-0.25, -0.2) is 18.2 Å². The molecular formula is C23H15F3N2O2S. The molecule has 0 aliphatic rings. The largest absolute Gasteiger partial charge is 0.488 e. The van der Waals surface area contributed by atoms with Gasteiger partial charge < -0.3 is 10.1 Å². The molecule has 1 aromatic heterocycles. The zero-order valence-corrected chi connectivity index (χ0v) is 16.8. The summed E-state index contributed by atoms with van der Waals surface area (Å²) in [4.78, 5) is 16.8. The summed E-state index contributed by atoms with van der Waals surface area (Å²) < 4.78 is 45.3. The molecule has 0 saturated carbocycles. The summed E-state index contributed by atoms with van der Waals surface area (Å²) in [6, 6.07) is 16.1. The molecule has 4 aromatic rings. The van der Waals surface area contributed by atoms with Gasteiger partial charge in [0.25, 0.3) is 5.91 Å². The van der Waals surface area contributed by atoms with Crippen LogP contribution in [-0.4, -0.2) is 10.9 Å². The second-order valence-corrected chi connectivity index (χ2v) is 7.39. The topological polar surface area (TPSA) is 51.2 Å². The molecule has 0 aliphatic carbocycles. The summed E-state index contributed by atoms with van der Waals surface area (Å²) in [5.74, 6) is -2.18. The van der Waals surface area contributed by atoms with Gasteiger partial charge in [-0.1, -0.05) is 18.2 Å². The summed E-state index contributed by atoms with van der Waals surface area (Å²) in [5.41, 5.74) is 1.80. The second-order valence-electron chi connectivity index (χ2n) is 6.53. The van der Waals surface area contributed by atoms with Gasteiger partial charge >= 0.3 is 0 Å². The lowest BCUT2D eigenvalue weighted by Crippen LogP contribution is -2.12. The van der Waals surface area contributed by atoms with Gasteiger partial charge in [0.1, 0.15) is 28.9 Å². The predicted molar refractivity (Wildman–Crippen MR) is 113 cm³/mol. The summed E-state index contributed by atoms with van der Waals surface area (Å²) in [7, 11) is 0. The van der Waals surface area contributed by atoms with E-state index in [2.05, 4.69) is 10.3 Å². The highest BCUT2D eigenvalue weighted by molar-refractivity contribution is 7.13. The number of amides is 1. The molecular weight excluding hydrogens is 425 g/mol. The van der Waals surface area contributed by atoms with Gasteiger partial charge in [-0.3, -0.25) is 4.79 Å². The Balaban J connectivity index is 1.50. The van der Waals surface area contributed by atoms with E-state index in [4.69, 9.17) is 4.74 Å². The average molecular weight is 440 g/mol. The highest BCUT2D eigenvalue weighted by atomic mass is 32.1. The Morgan fingerprint density at radius 3 is 2.52 bits per heavy atom. The van der Waals surface area contributed by atoms with Gasteiger partial charge in [-0.2, -0.15) is 0 Å². The number of carbonyl (C=O) groups excluding carboxylic acids is 1. The third kappa shape index (κ3) is 4.92. The van der Waals surface area contributed by atoms with Crippen LogP contribution in [0.5, 0.6) is 5.75 Å². The standard InChI is InChI=1S/C23H15F3N2O2S/c24-15-6-8-16(9-7-15)27-22(29)20-13-31-23(28-20)17-3-1-2-4-21(17)30-12-14-5-10-18(25)19(26)11-14/h1-11,13H,12H2,(H,27,29). The molecule has 0 spiro atoms. The van der Waals surface area contributed by atoms with E-state index in [0.29, 0.717) is 27.6 Å². The Kier molecular flexibility index (Phi) is 5.99. The van der Waals surface area contributed by atoms with Crippen molar-refractivity contribution in [1.82, 2.24) is 4.98 Å². The van der Waals surface area contributed by atoms with Crippen molar-refractivity contribution in [3.8, 4) is 16.3 Å². The molecule has 3 aromatic carbocycles. The Labute approximate surface area is 180 Å². The quantitative estimate of drug-likeness (QED) is 0.397. The van der Waals surface area contributed by atoms with Crippen molar-refractivity contribution in [3.05, 3.63) is 101 Å². The number of nitrogens with zero attached hydrogens (tertiary/aromatic N) is 1. The molecule has 0 fully saturated rings. The van der Waals surface area contributed by atoms with Crippen LogP contribution in [0, 0.1) is 17.5 Å². The van der Waals surface area contributed by atoms with Crippen LogP contribution in [-0.2, 0) is 6.61 Å². The Morgan fingerprint density at radius 2 is 1.74 bits per heavy atom. The molecule has 4 nitrogen and oxygen atoms in total. The zero-order valence-electron chi connectivity index (χ0n) is 15.9. The Bertz CT molecular complexity index is 1230. The van der Waals surface area contributed by atoms with Crippen molar-refractivity contribution in [2.45, 2.75) is 6.61 Å². The number of benzene rings is 3. The van der Waals surface area contributed by atoms with E-state index in [-0.39, 0.29) is 12.3 Å². The summed E-state index contributed by atoms with van der Waals surface area (Å²) in [5, 5.41) is 4.83. The lowest BCUT2D eigenvalue weighted by atomic mass is 10.2. The molecule has 4 rings (SSSR count). The first-order chi connectivity index (χ1) is 15.0. The number of aromatic nitrogens is 1. The first kappa shape index (κ1) is 20.6. The lowest BCUT2D eigenvalue weighted by Gasteiger charge is -2.10. The summed E-state index contributed by atoms with van der Waals surface area (Å²) in [6.07, 6.45) is 0. The van der Waals surface area contributed by atoms with Crippen molar-refractivity contribution in [1.29, 1.82) is 0 Å². The van der Waals surface area contributed by atoms with E-state index in [1.54, 1.807) is 29.6 Å². The first-order valence-electron chi connectivity index (χ1n) is 9.18. The lowest BCUT2D eigenvalue weighted by molar-refractivity contribution is 0.102. The summed E-state index contributed by atoms with van der Waals surface area (Å²) in [6.45, 7) is 0.0392. The van der Waals surface area contributed by atoms with Crippen molar-refractivity contribution >= 4 is 22.9 Å². The van der Waals surface area contributed by atoms with E-state index in [1.165, 1.54) is 41.7 Å². The molecule has 1 N–H and O–H groups in total. The number of hydrogen-bond donors (Lipinski definition) is 1. The van der Waals surface area contributed by atoms with Gasteiger partial charge in [0.2, 0.25) is 0 Å². The molecule has 0 saturated heterocycles. The van der Waals surface area contributed by atoms with Crippen molar-refractivity contribution < 1.29 is 22.7 Å². The van der Waals surface area contributed by atoms with E-state index in [1.807, 2.05) is 0 Å². The maximum Gasteiger partial charge on any atom is 0.275 e. The fraction of sp³-hybridized carbons (Fsp3) is 0.0435. The number of anilines is 1. The van der Waals surface area contributed by atoms with Crippen LogP contribution in [0.3, 0.4) is 0 Å².